The normalized spacial score (nSPS) is 11.9. The minimum atomic E-state index is -4.70. The van der Waals surface area contributed by atoms with Crippen LogP contribution in [0.2, 0.25) is 0 Å². The molecule has 7 nitrogen and oxygen atoms in total. The van der Waals surface area contributed by atoms with Crippen LogP contribution in [-0.4, -0.2) is 36.3 Å². The summed E-state index contributed by atoms with van der Waals surface area (Å²) in [6.45, 7) is 3.09. The summed E-state index contributed by atoms with van der Waals surface area (Å²) in [5, 5.41) is 0. The number of hydrogen-bond acceptors (Lipinski definition) is 7. The van der Waals surface area contributed by atoms with Crippen LogP contribution in [0.4, 0.5) is 13.2 Å². The van der Waals surface area contributed by atoms with E-state index in [0.29, 0.717) is 17.2 Å². The molecule has 0 saturated heterocycles. The first kappa shape index (κ1) is 23.0. The fourth-order valence-electron chi connectivity index (χ4n) is 2.40. The van der Waals surface area contributed by atoms with E-state index in [-0.39, 0.29) is 18.1 Å². The molecule has 30 heavy (non-hydrogen) atoms. The lowest BCUT2D eigenvalue weighted by molar-refractivity contribution is -0.141. The minimum absolute atomic E-state index is 0.127. The standard InChI is InChI=1S/C20H21F3N2O5/c1-12(2)30-19-24-16(20(21,22)23)9-17(25-19)29-10-13-7-5-6-8-14(13)15(11-27-3)18(26)28-4/h5-9,11-12H,10H2,1-4H3/b15-11-. The van der Waals surface area contributed by atoms with E-state index in [1.807, 2.05) is 0 Å². The number of benzene rings is 1. The van der Waals surface area contributed by atoms with E-state index in [4.69, 9.17) is 18.9 Å². The van der Waals surface area contributed by atoms with E-state index < -0.39 is 30.0 Å². The van der Waals surface area contributed by atoms with Gasteiger partial charge in [0.15, 0.2) is 5.69 Å². The first-order valence-electron chi connectivity index (χ1n) is 8.81. The molecule has 0 radical (unpaired) electrons. The predicted octanol–water partition coefficient (Wildman–Crippen LogP) is 4.02. The number of alkyl halides is 3. The van der Waals surface area contributed by atoms with E-state index >= 15 is 0 Å². The van der Waals surface area contributed by atoms with Gasteiger partial charge in [-0.25, -0.2) is 4.79 Å². The van der Waals surface area contributed by atoms with Crippen molar-refractivity contribution in [2.75, 3.05) is 14.2 Å². The molecule has 0 aliphatic heterocycles. The van der Waals surface area contributed by atoms with E-state index in [0.717, 1.165) is 0 Å². The van der Waals surface area contributed by atoms with Gasteiger partial charge in [-0.3, -0.25) is 0 Å². The zero-order valence-electron chi connectivity index (χ0n) is 16.8. The lowest BCUT2D eigenvalue weighted by Gasteiger charge is -2.15. The third kappa shape index (κ3) is 6.10. The van der Waals surface area contributed by atoms with Crippen molar-refractivity contribution in [1.82, 2.24) is 9.97 Å². The van der Waals surface area contributed by atoms with Crippen LogP contribution in [0.15, 0.2) is 36.6 Å². The molecule has 1 heterocycles. The van der Waals surface area contributed by atoms with Gasteiger partial charge in [-0.2, -0.15) is 23.1 Å². The number of ether oxygens (including phenoxy) is 4. The first-order valence-corrected chi connectivity index (χ1v) is 8.81. The molecule has 2 aromatic rings. The summed E-state index contributed by atoms with van der Waals surface area (Å²) >= 11 is 0. The number of esters is 1. The van der Waals surface area contributed by atoms with Gasteiger partial charge in [0.05, 0.1) is 26.6 Å². The molecule has 0 N–H and O–H groups in total. The van der Waals surface area contributed by atoms with Crippen LogP contribution in [-0.2, 0) is 27.1 Å². The number of methoxy groups -OCH3 is 2. The number of carbonyl (C=O) groups is 1. The van der Waals surface area contributed by atoms with Gasteiger partial charge in [-0.05, 0) is 25.0 Å². The number of carbonyl (C=O) groups excluding carboxylic acids is 1. The summed E-state index contributed by atoms with van der Waals surface area (Å²) < 4.78 is 59.8. The fraction of sp³-hybridized carbons (Fsp3) is 0.350. The molecule has 0 saturated carbocycles. The van der Waals surface area contributed by atoms with Crippen molar-refractivity contribution in [3.8, 4) is 11.9 Å². The van der Waals surface area contributed by atoms with Crippen molar-refractivity contribution in [3.63, 3.8) is 0 Å². The summed E-state index contributed by atoms with van der Waals surface area (Å²) in [7, 11) is 2.60. The SMILES string of the molecule is CO/C=C(\C(=O)OC)c1ccccc1COc1cc(C(F)(F)F)nc(OC(C)C)n1. The highest BCUT2D eigenvalue weighted by molar-refractivity contribution is 6.16. The highest BCUT2D eigenvalue weighted by Crippen LogP contribution is 2.31. The molecule has 162 valence electrons. The predicted molar refractivity (Wildman–Crippen MR) is 101 cm³/mol. The Balaban J connectivity index is 2.36. The van der Waals surface area contributed by atoms with E-state index in [1.165, 1.54) is 20.5 Å². The first-order chi connectivity index (χ1) is 14.2. The summed E-state index contributed by atoms with van der Waals surface area (Å²) in [4.78, 5) is 19.3. The Labute approximate surface area is 171 Å². The highest BCUT2D eigenvalue weighted by Gasteiger charge is 2.34. The molecular weight excluding hydrogens is 405 g/mol. The number of hydrogen-bond donors (Lipinski definition) is 0. The molecule has 0 fully saturated rings. The van der Waals surface area contributed by atoms with Crippen LogP contribution >= 0.6 is 0 Å². The van der Waals surface area contributed by atoms with Gasteiger partial charge in [0.2, 0.25) is 5.88 Å². The van der Waals surface area contributed by atoms with Crippen molar-refractivity contribution in [1.29, 1.82) is 0 Å². The lowest BCUT2D eigenvalue weighted by Crippen LogP contribution is -2.14. The van der Waals surface area contributed by atoms with Gasteiger partial charge >= 0.3 is 18.2 Å². The summed E-state index contributed by atoms with van der Waals surface area (Å²) in [6.07, 6.45) is -3.91. The molecular formula is C20H21F3N2O5. The van der Waals surface area contributed by atoms with Crippen LogP contribution in [0.1, 0.15) is 30.7 Å². The second kappa shape index (κ2) is 9.95. The van der Waals surface area contributed by atoms with Crippen LogP contribution in [0.25, 0.3) is 5.57 Å². The third-order valence-electron chi connectivity index (χ3n) is 3.64. The maximum atomic E-state index is 13.2. The zero-order chi connectivity index (χ0) is 22.3. The number of nitrogens with zero attached hydrogens (tertiary/aromatic N) is 2. The average Bonchev–Trinajstić information content (AvgIpc) is 2.69. The lowest BCUT2D eigenvalue weighted by atomic mass is 10.0. The van der Waals surface area contributed by atoms with Gasteiger partial charge < -0.3 is 18.9 Å². The second-order valence-corrected chi connectivity index (χ2v) is 6.24. The molecule has 2 rings (SSSR count). The molecule has 0 spiro atoms. The van der Waals surface area contributed by atoms with Gasteiger partial charge in [-0.1, -0.05) is 24.3 Å². The topological polar surface area (TPSA) is 79.8 Å². The van der Waals surface area contributed by atoms with Crippen LogP contribution < -0.4 is 9.47 Å². The number of halogens is 3. The minimum Gasteiger partial charge on any atom is -0.503 e. The van der Waals surface area contributed by atoms with Crippen molar-refractivity contribution in [3.05, 3.63) is 53.4 Å². The Kier molecular flexibility index (Phi) is 7.62. The van der Waals surface area contributed by atoms with Gasteiger partial charge in [0, 0.05) is 6.07 Å². The Morgan fingerprint density at radius 1 is 1.17 bits per heavy atom. The molecule has 0 aliphatic carbocycles. The molecule has 0 unspecified atom stereocenters. The molecule has 0 bridgehead atoms. The smallest absolute Gasteiger partial charge is 0.433 e. The van der Waals surface area contributed by atoms with E-state index in [2.05, 4.69) is 9.97 Å². The Morgan fingerprint density at radius 2 is 1.87 bits per heavy atom. The van der Waals surface area contributed by atoms with Crippen molar-refractivity contribution in [2.45, 2.75) is 32.7 Å². The maximum absolute atomic E-state index is 13.2. The molecule has 0 amide bonds. The van der Waals surface area contributed by atoms with Crippen molar-refractivity contribution in [2.24, 2.45) is 0 Å². The van der Waals surface area contributed by atoms with Gasteiger partial charge in [0.25, 0.3) is 0 Å². The molecule has 1 aromatic carbocycles. The fourth-order valence-corrected chi connectivity index (χ4v) is 2.40. The van der Waals surface area contributed by atoms with Crippen molar-refractivity contribution >= 4 is 11.5 Å². The molecule has 0 aliphatic rings. The summed E-state index contributed by atoms with van der Waals surface area (Å²) in [6, 6.07) is 6.90. The quantitative estimate of drug-likeness (QED) is 0.358. The highest BCUT2D eigenvalue weighted by atomic mass is 19.4. The van der Waals surface area contributed by atoms with Crippen LogP contribution in [0, 0.1) is 0 Å². The van der Waals surface area contributed by atoms with E-state index in [9.17, 15) is 18.0 Å². The van der Waals surface area contributed by atoms with Crippen LogP contribution in [0.5, 0.6) is 11.9 Å². The Morgan fingerprint density at radius 3 is 2.47 bits per heavy atom. The van der Waals surface area contributed by atoms with Crippen LogP contribution in [0.3, 0.4) is 0 Å². The molecule has 0 atom stereocenters. The van der Waals surface area contributed by atoms with Gasteiger partial charge in [0.1, 0.15) is 12.2 Å². The summed E-state index contributed by atoms with van der Waals surface area (Å²) in [5.41, 5.74) is -0.118. The maximum Gasteiger partial charge on any atom is 0.433 e. The number of aromatic nitrogens is 2. The van der Waals surface area contributed by atoms with Gasteiger partial charge in [-0.15, -0.1) is 0 Å². The second-order valence-electron chi connectivity index (χ2n) is 6.24. The largest absolute Gasteiger partial charge is 0.503 e. The number of rotatable bonds is 8. The third-order valence-corrected chi connectivity index (χ3v) is 3.64. The molecule has 10 heteroatoms. The Hall–Kier alpha value is -3.30. The average molecular weight is 426 g/mol. The monoisotopic (exact) mass is 426 g/mol. The molecule has 1 aromatic heterocycles. The summed E-state index contributed by atoms with van der Waals surface area (Å²) in [5.74, 6) is -0.962. The van der Waals surface area contributed by atoms with Crippen molar-refractivity contribution < 1.29 is 36.9 Å². The zero-order valence-corrected chi connectivity index (χ0v) is 16.8. The van der Waals surface area contributed by atoms with E-state index in [1.54, 1.807) is 38.1 Å². The Bertz CT molecular complexity index is 914.